The summed E-state index contributed by atoms with van der Waals surface area (Å²) in [6.07, 6.45) is 7.58. The van der Waals surface area contributed by atoms with Gasteiger partial charge in [0.05, 0.1) is 12.1 Å². The molecule has 7 nitrogen and oxygen atoms in total. The number of carbonyl (C=O) groups excluding carboxylic acids is 2. The van der Waals surface area contributed by atoms with Gasteiger partial charge in [0.1, 0.15) is 5.60 Å². The number of ether oxygens (including phenoxy) is 1. The van der Waals surface area contributed by atoms with Crippen LogP contribution in [0.1, 0.15) is 72.6 Å². The van der Waals surface area contributed by atoms with Crippen molar-refractivity contribution in [3.05, 3.63) is 0 Å². The fourth-order valence-electron chi connectivity index (χ4n) is 5.80. The smallest absolute Gasteiger partial charge is 0.410 e. The number of likely N-dealkylation sites (tertiary alicyclic amines) is 2. The largest absolute Gasteiger partial charge is 0.444 e. The summed E-state index contributed by atoms with van der Waals surface area (Å²) in [4.78, 5) is 31.7. The summed E-state index contributed by atoms with van der Waals surface area (Å²) in [5.41, 5.74) is -0.454. The van der Waals surface area contributed by atoms with E-state index in [1.165, 1.54) is 12.8 Å². The zero-order valence-corrected chi connectivity index (χ0v) is 18.6. The topological polar surface area (TPSA) is 65.1 Å². The molecule has 3 atom stereocenters. The molecule has 4 fully saturated rings. The van der Waals surface area contributed by atoms with E-state index in [-0.39, 0.29) is 17.7 Å². The van der Waals surface area contributed by atoms with Gasteiger partial charge in [0.25, 0.3) is 0 Å². The predicted molar refractivity (Wildman–Crippen MR) is 112 cm³/mol. The summed E-state index contributed by atoms with van der Waals surface area (Å²) in [6, 6.07) is 1.27. The fraction of sp³-hybridized carbons (Fsp3) is 0.909. The van der Waals surface area contributed by atoms with Crippen LogP contribution in [0.4, 0.5) is 9.59 Å². The van der Waals surface area contributed by atoms with Gasteiger partial charge < -0.3 is 19.9 Å². The Bertz CT molecular complexity index is 640. The molecule has 1 N–H and O–H groups in total. The minimum atomic E-state index is -0.457. The second-order valence-electron chi connectivity index (χ2n) is 10.7. The van der Waals surface area contributed by atoms with E-state index >= 15 is 0 Å². The van der Waals surface area contributed by atoms with E-state index < -0.39 is 5.60 Å². The first-order valence-electron chi connectivity index (χ1n) is 11.5. The molecule has 1 unspecified atom stereocenters. The molecule has 3 heterocycles. The second kappa shape index (κ2) is 7.64. The molecule has 0 bridgehead atoms. The van der Waals surface area contributed by atoms with Gasteiger partial charge >= 0.3 is 12.1 Å². The molecule has 1 saturated carbocycles. The highest BCUT2D eigenvalue weighted by molar-refractivity contribution is 5.78. The van der Waals surface area contributed by atoms with Gasteiger partial charge in [0, 0.05) is 37.8 Å². The Hall–Kier alpha value is -1.50. The molecule has 164 valence electrons. The van der Waals surface area contributed by atoms with Crippen LogP contribution in [0.2, 0.25) is 0 Å². The molecule has 4 rings (SSSR count). The van der Waals surface area contributed by atoms with Gasteiger partial charge in [-0.05, 0) is 59.8 Å². The third-order valence-electron chi connectivity index (χ3n) is 7.35. The van der Waals surface area contributed by atoms with Crippen molar-refractivity contribution < 1.29 is 14.3 Å². The third kappa shape index (κ3) is 4.21. The van der Waals surface area contributed by atoms with Gasteiger partial charge in [-0.2, -0.15) is 0 Å². The first-order valence-corrected chi connectivity index (χ1v) is 11.5. The zero-order valence-electron chi connectivity index (χ0n) is 18.6. The SMILES string of the molecule is CC(C)(C)OC(=O)N1CCC(C)(N2CCC(N3C(=O)N[C@H]4CCCC[C@@H]43)CC2)C1. The van der Waals surface area contributed by atoms with Gasteiger partial charge in [-0.15, -0.1) is 0 Å². The summed E-state index contributed by atoms with van der Waals surface area (Å²) >= 11 is 0. The second-order valence-corrected chi connectivity index (χ2v) is 10.7. The van der Waals surface area contributed by atoms with Crippen LogP contribution in [-0.4, -0.2) is 82.3 Å². The Balaban J connectivity index is 1.33. The van der Waals surface area contributed by atoms with Crippen LogP contribution in [-0.2, 0) is 4.74 Å². The molecule has 7 heteroatoms. The van der Waals surface area contributed by atoms with Gasteiger partial charge in [0.15, 0.2) is 0 Å². The Labute approximate surface area is 175 Å². The van der Waals surface area contributed by atoms with Gasteiger partial charge in [-0.3, -0.25) is 4.90 Å². The number of urea groups is 1. The number of carbonyl (C=O) groups is 2. The molecule has 3 aliphatic heterocycles. The number of amides is 3. The predicted octanol–water partition coefficient (Wildman–Crippen LogP) is 3.19. The first-order chi connectivity index (χ1) is 13.7. The van der Waals surface area contributed by atoms with E-state index in [0.717, 1.165) is 58.3 Å². The minimum Gasteiger partial charge on any atom is -0.444 e. The van der Waals surface area contributed by atoms with Crippen LogP contribution >= 0.6 is 0 Å². The van der Waals surface area contributed by atoms with Crippen molar-refractivity contribution >= 4 is 12.1 Å². The van der Waals surface area contributed by atoms with E-state index in [2.05, 4.69) is 22.0 Å². The third-order valence-corrected chi connectivity index (χ3v) is 7.35. The number of hydrogen-bond donors (Lipinski definition) is 1. The lowest BCUT2D eigenvalue weighted by molar-refractivity contribution is 0.0191. The summed E-state index contributed by atoms with van der Waals surface area (Å²) in [6.45, 7) is 11.5. The van der Waals surface area contributed by atoms with E-state index in [1.807, 2.05) is 25.7 Å². The molecule has 0 aromatic rings. The molecule has 0 aromatic heterocycles. The molecule has 0 aromatic carbocycles. The van der Waals surface area contributed by atoms with E-state index in [9.17, 15) is 9.59 Å². The maximum absolute atomic E-state index is 12.6. The molecule has 3 amide bonds. The standard InChI is InChI=1S/C22H38N4O3/c1-21(2,3)29-20(28)24-14-11-22(4,15-24)25-12-9-16(10-13-25)26-18-8-6-5-7-17(18)23-19(26)27/h16-18H,5-15H2,1-4H3,(H,23,27)/t17-,18-,22?/m0/s1. The van der Waals surface area contributed by atoms with E-state index in [0.29, 0.717) is 18.1 Å². The van der Waals surface area contributed by atoms with Crippen molar-refractivity contribution in [3.63, 3.8) is 0 Å². The summed E-state index contributed by atoms with van der Waals surface area (Å²) < 4.78 is 5.57. The average Bonchev–Trinajstić information content (AvgIpc) is 3.21. The maximum atomic E-state index is 12.6. The Morgan fingerprint density at radius 1 is 1.10 bits per heavy atom. The van der Waals surface area contributed by atoms with Gasteiger partial charge in [-0.25, -0.2) is 9.59 Å². The average molecular weight is 407 g/mol. The highest BCUT2D eigenvalue weighted by Crippen LogP contribution is 2.35. The molecule has 0 radical (unpaired) electrons. The van der Waals surface area contributed by atoms with Crippen LogP contribution in [0.3, 0.4) is 0 Å². The van der Waals surface area contributed by atoms with Crippen molar-refractivity contribution in [3.8, 4) is 0 Å². The lowest BCUT2D eigenvalue weighted by atomic mass is 9.88. The minimum absolute atomic E-state index is 0.00250. The number of hydrogen-bond acceptors (Lipinski definition) is 4. The molecule has 1 aliphatic carbocycles. The van der Waals surface area contributed by atoms with Crippen molar-refractivity contribution in [2.75, 3.05) is 26.2 Å². The van der Waals surface area contributed by atoms with Gasteiger partial charge in [-0.1, -0.05) is 12.8 Å². The van der Waals surface area contributed by atoms with Crippen molar-refractivity contribution in [2.24, 2.45) is 0 Å². The Kier molecular flexibility index (Phi) is 5.47. The number of nitrogens with zero attached hydrogens (tertiary/aromatic N) is 3. The van der Waals surface area contributed by atoms with Crippen LogP contribution in [0, 0.1) is 0 Å². The summed E-state index contributed by atoms with van der Waals surface area (Å²) in [5, 5.41) is 3.23. The van der Waals surface area contributed by atoms with Crippen LogP contribution in [0.15, 0.2) is 0 Å². The molecule has 0 spiro atoms. The molecule has 4 aliphatic rings. The molecule has 3 saturated heterocycles. The fourth-order valence-corrected chi connectivity index (χ4v) is 5.80. The summed E-state index contributed by atoms with van der Waals surface area (Å²) in [5.74, 6) is 0. The molecular formula is C22H38N4O3. The number of nitrogens with one attached hydrogen (secondary N) is 1. The van der Waals surface area contributed by atoms with Gasteiger partial charge in [0.2, 0.25) is 0 Å². The normalized spacial score (nSPS) is 34.3. The van der Waals surface area contributed by atoms with E-state index in [4.69, 9.17) is 4.74 Å². The Morgan fingerprint density at radius 2 is 1.79 bits per heavy atom. The highest BCUT2D eigenvalue weighted by Gasteiger charge is 2.47. The maximum Gasteiger partial charge on any atom is 0.410 e. The van der Waals surface area contributed by atoms with E-state index in [1.54, 1.807) is 0 Å². The van der Waals surface area contributed by atoms with Crippen LogP contribution in [0.25, 0.3) is 0 Å². The molecular weight excluding hydrogens is 368 g/mol. The lowest BCUT2D eigenvalue weighted by Gasteiger charge is -2.45. The lowest BCUT2D eigenvalue weighted by Crippen LogP contribution is -2.56. The van der Waals surface area contributed by atoms with Crippen LogP contribution in [0.5, 0.6) is 0 Å². The zero-order chi connectivity index (χ0) is 20.8. The number of fused-ring (bicyclic) bond motifs is 1. The monoisotopic (exact) mass is 406 g/mol. The molecule has 29 heavy (non-hydrogen) atoms. The van der Waals surface area contributed by atoms with Crippen molar-refractivity contribution in [1.82, 2.24) is 20.0 Å². The summed E-state index contributed by atoms with van der Waals surface area (Å²) in [7, 11) is 0. The quantitative estimate of drug-likeness (QED) is 0.765. The van der Waals surface area contributed by atoms with Crippen molar-refractivity contribution in [1.29, 1.82) is 0 Å². The number of piperidine rings is 1. The first kappa shape index (κ1) is 20.8. The number of rotatable bonds is 2. The Morgan fingerprint density at radius 3 is 2.48 bits per heavy atom. The highest BCUT2D eigenvalue weighted by atomic mass is 16.6. The van der Waals surface area contributed by atoms with Crippen molar-refractivity contribution in [2.45, 2.75) is 102 Å². The van der Waals surface area contributed by atoms with Crippen LogP contribution < -0.4 is 5.32 Å².